The Balaban J connectivity index is 2.77. The van der Waals surface area contributed by atoms with Crippen LogP contribution in [0.3, 0.4) is 0 Å². The smallest absolute Gasteiger partial charge is 0.0375 e. The van der Waals surface area contributed by atoms with Crippen LogP contribution < -0.4 is 5.32 Å². The predicted molar refractivity (Wildman–Crippen MR) is 82.6 cm³/mol. The molecule has 0 spiro atoms. The summed E-state index contributed by atoms with van der Waals surface area (Å²) in [6.45, 7) is 12.4. The van der Waals surface area contributed by atoms with Crippen molar-refractivity contribution in [3.05, 3.63) is 29.3 Å². The van der Waals surface area contributed by atoms with Crippen molar-refractivity contribution >= 4 is 5.69 Å². The summed E-state index contributed by atoms with van der Waals surface area (Å²) in [6, 6.07) is 6.90. The first-order chi connectivity index (χ1) is 8.56. The van der Waals surface area contributed by atoms with E-state index in [1.54, 1.807) is 0 Å². The summed E-state index contributed by atoms with van der Waals surface area (Å²) in [6.07, 6.45) is 3.86. The molecule has 1 heteroatoms. The van der Waals surface area contributed by atoms with Crippen LogP contribution in [0, 0.1) is 0 Å². The van der Waals surface area contributed by atoms with Gasteiger partial charge in [0.1, 0.15) is 0 Å². The van der Waals surface area contributed by atoms with Crippen molar-refractivity contribution in [1.29, 1.82) is 0 Å². The van der Waals surface area contributed by atoms with E-state index in [0.717, 1.165) is 6.54 Å². The summed E-state index contributed by atoms with van der Waals surface area (Å²) in [7, 11) is 0. The van der Waals surface area contributed by atoms with Crippen LogP contribution in [0.1, 0.15) is 76.8 Å². The second-order valence-electron chi connectivity index (χ2n) is 5.79. The van der Waals surface area contributed by atoms with E-state index in [4.69, 9.17) is 0 Å². The van der Waals surface area contributed by atoms with Gasteiger partial charge in [-0.1, -0.05) is 59.6 Å². The molecule has 0 radical (unpaired) electrons. The van der Waals surface area contributed by atoms with Gasteiger partial charge in [-0.25, -0.2) is 0 Å². The van der Waals surface area contributed by atoms with Crippen LogP contribution in [0.5, 0.6) is 0 Å². The Hall–Kier alpha value is -0.980. The van der Waals surface area contributed by atoms with E-state index >= 15 is 0 Å². The highest BCUT2D eigenvalue weighted by molar-refractivity contribution is 5.54. The lowest BCUT2D eigenvalue weighted by molar-refractivity contribution is 0.741. The SMILES string of the molecule is CCCCCNc1ccc(C(C)C)cc1C(C)C. The lowest BCUT2D eigenvalue weighted by Crippen LogP contribution is -2.06. The average Bonchev–Trinajstić information content (AvgIpc) is 2.34. The number of nitrogens with one attached hydrogen (secondary N) is 1. The Morgan fingerprint density at radius 3 is 2.28 bits per heavy atom. The van der Waals surface area contributed by atoms with Gasteiger partial charge in [-0.05, 0) is 35.4 Å². The third-order valence-corrected chi connectivity index (χ3v) is 3.46. The van der Waals surface area contributed by atoms with Crippen LogP contribution in [0.25, 0.3) is 0 Å². The molecule has 0 saturated carbocycles. The molecule has 0 bridgehead atoms. The molecule has 0 unspecified atom stereocenters. The molecule has 1 aromatic rings. The summed E-state index contributed by atoms with van der Waals surface area (Å²) in [5.41, 5.74) is 4.22. The molecule has 0 atom stereocenters. The first kappa shape index (κ1) is 15.1. The Kier molecular flexibility index (Phi) is 6.24. The highest BCUT2D eigenvalue weighted by Gasteiger charge is 2.09. The molecule has 0 aliphatic carbocycles. The molecule has 0 aliphatic rings. The summed E-state index contributed by atoms with van der Waals surface area (Å²) in [5, 5.41) is 3.60. The Morgan fingerprint density at radius 2 is 1.72 bits per heavy atom. The number of hydrogen-bond donors (Lipinski definition) is 1. The topological polar surface area (TPSA) is 12.0 Å². The van der Waals surface area contributed by atoms with Crippen molar-refractivity contribution in [3.63, 3.8) is 0 Å². The molecule has 0 saturated heterocycles. The maximum absolute atomic E-state index is 3.60. The molecule has 0 amide bonds. The van der Waals surface area contributed by atoms with Crippen LogP contribution in [-0.2, 0) is 0 Å². The number of anilines is 1. The third-order valence-electron chi connectivity index (χ3n) is 3.46. The van der Waals surface area contributed by atoms with Crippen LogP contribution in [0.15, 0.2) is 18.2 Å². The van der Waals surface area contributed by atoms with Gasteiger partial charge in [-0.3, -0.25) is 0 Å². The number of benzene rings is 1. The van der Waals surface area contributed by atoms with Gasteiger partial charge in [0, 0.05) is 12.2 Å². The predicted octanol–water partition coefficient (Wildman–Crippen LogP) is 5.54. The van der Waals surface area contributed by atoms with E-state index in [1.807, 2.05) is 0 Å². The molecule has 0 aliphatic heterocycles. The van der Waals surface area contributed by atoms with Gasteiger partial charge in [0.15, 0.2) is 0 Å². The van der Waals surface area contributed by atoms with Gasteiger partial charge in [-0.2, -0.15) is 0 Å². The van der Waals surface area contributed by atoms with Crippen molar-refractivity contribution in [2.24, 2.45) is 0 Å². The maximum Gasteiger partial charge on any atom is 0.0375 e. The largest absolute Gasteiger partial charge is 0.385 e. The molecular formula is C17H29N. The highest BCUT2D eigenvalue weighted by Crippen LogP contribution is 2.28. The van der Waals surface area contributed by atoms with Gasteiger partial charge in [0.05, 0.1) is 0 Å². The van der Waals surface area contributed by atoms with Gasteiger partial charge in [0.25, 0.3) is 0 Å². The lowest BCUT2D eigenvalue weighted by Gasteiger charge is -2.17. The maximum atomic E-state index is 3.60. The summed E-state index contributed by atoms with van der Waals surface area (Å²) >= 11 is 0. The van der Waals surface area contributed by atoms with Gasteiger partial charge in [0.2, 0.25) is 0 Å². The molecule has 1 aromatic carbocycles. The fraction of sp³-hybridized carbons (Fsp3) is 0.647. The normalized spacial score (nSPS) is 11.3. The van der Waals surface area contributed by atoms with E-state index in [1.165, 1.54) is 36.1 Å². The zero-order valence-corrected chi connectivity index (χ0v) is 12.7. The second-order valence-corrected chi connectivity index (χ2v) is 5.79. The van der Waals surface area contributed by atoms with E-state index in [-0.39, 0.29) is 0 Å². The number of rotatable bonds is 7. The lowest BCUT2D eigenvalue weighted by atomic mass is 9.94. The summed E-state index contributed by atoms with van der Waals surface area (Å²) in [4.78, 5) is 0. The van der Waals surface area contributed by atoms with E-state index < -0.39 is 0 Å². The molecule has 1 nitrogen and oxygen atoms in total. The molecular weight excluding hydrogens is 218 g/mol. The molecule has 0 aromatic heterocycles. The monoisotopic (exact) mass is 247 g/mol. The molecule has 18 heavy (non-hydrogen) atoms. The van der Waals surface area contributed by atoms with E-state index in [0.29, 0.717) is 11.8 Å². The minimum absolute atomic E-state index is 0.581. The van der Waals surface area contributed by atoms with Crippen LogP contribution in [-0.4, -0.2) is 6.54 Å². The minimum atomic E-state index is 0.581. The summed E-state index contributed by atoms with van der Waals surface area (Å²) < 4.78 is 0. The Labute approximate surface area is 113 Å². The van der Waals surface area contributed by atoms with Gasteiger partial charge >= 0.3 is 0 Å². The number of hydrogen-bond acceptors (Lipinski definition) is 1. The Morgan fingerprint density at radius 1 is 1.00 bits per heavy atom. The van der Waals surface area contributed by atoms with E-state index in [9.17, 15) is 0 Å². The van der Waals surface area contributed by atoms with E-state index in [2.05, 4.69) is 58.1 Å². The van der Waals surface area contributed by atoms with Crippen molar-refractivity contribution in [1.82, 2.24) is 0 Å². The van der Waals surface area contributed by atoms with Crippen molar-refractivity contribution in [3.8, 4) is 0 Å². The van der Waals surface area contributed by atoms with Crippen molar-refractivity contribution in [2.75, 3.05) is 11.9 Å². The van der Waals surface area contributed by atoms with Crippen molar-refractivity contribution < 1.29 is 0 Å². The zero-order chi connectivity index (χ0) is 13.5. The standard InChI is InChI=1S/C17H29N/c1-6-7-8-11-18-17-10-9-15(13(2)3)12-16(17)14(4)5/h9-10,12-14,18H,6-8,11H2,1-5H3. The zero-order valence-electron chi connectivity index (χ0n) is 12.7. The number of unbranched alkanes of at least 4 members (excludes halogenated alkanes) is 2. The fourth-order valence-corrected chi connectivity index (χ4v) is 2.18. The van der Waals surface area contributed by atoms with Crippen molar-refractivity contribution in [2.45, 2.75) is 65.7 Å². The second kappa shape index (κ2) is 7.45. The molecule has 1 N–H and O–H groups in total. The molecule has 1 rings (SSSR count). The molecule has 0 fully saturated rings. The van der Waals surface area contributed by atoms with Crippen LogP contribution in [0.4, 0.5) is 5.69 Å². The minimum Gasteiger partial charge on any atom is -0.385 e. The first-order valence-corrected chi connectivity index (χ1v) is 7.44. The fourth-order valence-electron chi connectivity index (χ4n) is 2.18. The van der Waals surface area contributed by atoms with Crippen LogP contribution >= 0.6 is 0 Å². The van der Waals surface area contributed by atoms with Gasteiger partial charge < -0.3 is 5.32 Å². The molecule has 0 heterocycles. The summed E-state index contributed by atoms with van der Waals surface area (Å²) in [5.74, 6) is 1.19. The van der Waals surface area contributed by atoms with Crippen LogP contribution in [0.2, 0.25) is 0 Å². The quantitative estimate of drug-likeness (QED) is 0.624. The third kappa shape index (κ3) is 4.36. The molecule has 102 valence electrons. The van der Waals surface area contributed by atoms with Gasteiger partial charge in [-0.15, -0.1) is 0 Å². The Bertz CT molecular complexity index is 353. The first-order valence-electron chi connectivity index (χ1n) is 7.44. The highest BCUT2D eigenvalue weighted by atomic mass is 14.9. The average molecular weight is 247 g/mol.